The third kappa shape index (κ3) is 3.50. The van der Waals surface area contributed by atoms with E-state index in [1.54, 1.807) is 11.8 Å². The lowest BCUT2D eigenvalue weighted by Crippen LogP contribution is -2.20. The van der Waals surface area contributed by atoms with Gasteiger partial charge in [0.2, 0.25) is 0 Å². The van der Waals surface area contributed by atoms with E-state index < -0.39 is 0 Å². The number of ether oxygens (including phenoxy) is 1. The standard InChI is InChI=1S/C14H18O2S/c1-17-13-9-7-11(8-10-13)14(15)16-12-5-3-2-4-6-12/h7-10,12H,2-6H2,1H3. The van der Waals surface area contributed by atoms with Gasteiger partial charge in [0, 0.05) is 4.90 Å². The van der Waals surface area contributed by atoms with Crippen molar-refractivity contribution in [2.45, 2.75) is 43.1 Å². The molecule has 3 heteroatoms. The maximum Gasteiger partial charge on any atom is 0.338 e. The molecule has 0 heterocycles. The lowest BCUT2D eigenvalue weighted by Gasteiger charge is -2.21. The number of carbonyl (C=O) groups is 1. The van der Waals surface area contributed by atoms with Crippen LogP contribution in [0.2, 0.25) is 0 Å². The normalized spacial score (nSPS) is 16.8. The van der Waals surface area contributed by atoms with Gasteiger partial charge in [-0.2, -0.15) is 0 Å². The Morgan fingerprint density at radius 2 is 1.82 bits per heavy atom. The van der Waals surface area contributed by atoms with E-state index in [4.69, 9.17) is 4.74 Å². The third-order valence-electron chi connectivity index (χ3n) is 3.15. The summed E-state index contributed by atoms with van der Waals surface area (Å²) < 4.78 is 5.51. The summed E-state index contributed by atoms with van der Waals surface area (Å²) in [6.45, 7) is 0. The van der Waals surface area contributed by atoms with Gasteiger partial charge in [-0.3, -0.25) is 0 Å². The molecule has 0 aromatic heterocycles. The molecule has 0 saturated heterocycles. The molecule has 1 fully saturated rings. The third-order valence-corrected chi connectivity index (χ3v) is 3.90. The van der Waals surface area contributed by atoms with E-state index in [1.807, 2.05) is 30.5 Å². The first-order valence-electron chi connectivity index (χ1n) is 6.14. The van der Waals surface area contributed by atoms with Gasteiger partial charge in [0.05, 0.1) is 5.56 Å². The van der Waals surface area contributed by atoms with Gasteiger partial charge >= 0.3 is 5.97 Å². The Balaban J connectivity index is 1.93. The van der Waals surface area contributed by atoms with E-state index in [0.29, 0.717) is 5.56 Å². The average molecular weight is 250 g/mol. The van der Waals surface area contributed by atoms with Crippen LogP contribution in [0.15, 0.2) is 29.2 Å². The molecule has 92 valence electrons. The summed E-state index contributed by atoms with van der Waals surface area (Å²) in [5.41, 5.74) is 0.661. The Morgan fingerprint density at radius 1 is 1.18 bits per heavy atom. The van der Waals surface area contributed by atoms with Gasteiger partial charge < -0.3 is 4.74 Å². The summed E-state index contributed by atoms with van der Waals surface area (Å²) >= 11 is 1.67. The zero-order valence-corrected chi connectivity index (χ0v) is 11.0. The second-order valence-electron chi connectivity index (χ2n) is 4.39. The molecule has 0 unspecified atom stereocenters. The highest BCUT2D eigenvalue weighted by Gasteiger charge is 2.18. The SMILES string of the molecule is CSc1ccc(C(=O)OC2CCCCC2)cc1. The maximum atomic E-state index is 11.9. The van der Waals surface area contributed by atoms with Crippen LogP contribution >= 0.6 is 11.8 Å². The monoisotopic (exact) mass is 250 g/mol. The van der Waals surface area contributed by atoms with Crippen molar-refractivity contribution in [1.29, 1.82) is 0 Å². The maximum absolute atomic E-state index is 11.9. The van der Waals surface area contributed by atoms with Crippen molar-refractivity contribution < 1.29 is 9.53 Å². The Morgan fingerprint density at radius 3 is 2.41 bits per heavy atom. The molecule has 0 amide bonds. The lowest BCUT2D eigenvalue weighted by molar-refractivity contribution is 0.0211. The van der Waals surface area contributed by atoms with E-state index in [0.717, 1.165) is 12.8 Å². The van der Waals surface area contributed by atoms with Crippen LogP contribution in [-0.2, 0) is 4.74 Å². The van der Waals surface area contributed by atoms with Gasteiger partial charge in [-0.05, 0) is 56.2 Å². The Bertz CT molecular complexity index is 366. The second kappa shape index (κ2) is 6.10. The molecule has 0 radical (unpaired) electrons. The molecule has 1 aromatic carbocycles. The van der Waals surface area contributed by atoms with Crippen molar-refractivity contribution >= 4 is 17.7 Å². The number of benzene rings is 1. The van der Waals surface area contributed by atoms with Crippen LogP contribution < -0.4 is 0 Å². The van der Waals surface area contributed by atoms with E-state index in [9.17, 15) is 4.79 Å². The highest BCUT2D eigenvalue weighted by Crippen LogP contribution is 2.22. The molecule has 2 rings (SSSR count). The summed E-state index contributed by atoms with van der Waals surface area (Å²) in [6, 6.07) is 7.61. The predicted octanol–water partition coefficient (Wildman–Crippen LogP) is 3.90. The van der Waals surface area contributed by atoms with Crippen molar-refractivity contribution in [3.05, 3.63) is 29.8 Å². The van der Waals surface area contributed by atoms with E-state index in [-0.39, 0.29) is 12.1 Å². The highest BCUT2D eigenvalue weighted by molar-refractivity contribution is 7.98. The quantitative estimate of drug-likeness (QED) is 0.601. The number of hydrogen-bond donors (Lipinski definition) is 0. The summed E-state index contributed by atoms with van der Waals surface area (Å²) in [5.74, 6) is -0.176. The van der Waals surface area contributed by atoms with Crippen molar-refractivity contribution in [1.82, 2.24) is 0 Å². The summed E-state index contributed by atoms with van der Waals surface area (Å²) in [5, 5.41) is 0. The van der Waals surface area contributed by atoms with Crippen molar-refractivity contribution in [2.75, 3.05) is 6.26 Å². The molecule has 1 saturated carbocycles. The predicted molar refractivity (Wildman–Crippen MR) is 70.5 cm³/mol. The average Bonchev–Trinajstić information content (AvgIpc) is 2.40. The highest BCUT2D eigenvalue weighted by atomic mass is 32.2. The van der Waals surface area contributed by atoms with Gasteiger partial charge in [0.25, 0.3) is 0 Å². The largest absolute Gasteiger partial charge is 0.459 e. The van der Waals surface area contributed by atoms with Crippen molar-refractivity contribution in [3.8, 4) is 0 Å². The fourth-order valence-electron chi connectivity index (χ4n) is 2.13. The van der Waals surface area contributed by atoms with Gasteiger partial charge in [0.1, 0.15) is 6.10 Å². The summed E-state index contributed by atoms with van der Waals surface area (Å²) in [7, 11) is 0. The van der Waals surface area contributed by atoms with Crippen LogP contribution in [0.25, 0.3) is 0 Å². The molecule has 0 atom stereocenters. The number of esters is 1. The molecule has 0 bridgehead atoms. The lowest BCUT2D eigenvalue weighted by atomic mass is 9.98. The molecule has 0 spiro atoms. The molecule has 0 N–H and O–H groups in total. The smallest absolute Gasteiger partial charge is 0.338 e. The topological polar surface area (TPSA) is 26.3 Å². The fraction of sp³-hybridized carbons (Fsp3) is 0.500. The molecular weight excluding hydrogens is 232 g/mol. The summed E-state index contributed by atoms with van der Waals surface area (Å²) in [4.78, 5) is 13.0. The molecule has 17 heavy (non-hydrogen) atoms. The van der Waals surface area contributed by atoms with Gasteiger partial charge in [-0.15, -0.1) is 11.8 Å². The van der Waals surface area contributed by atoms with Crippen LogP contribution in [-0.4, -0.2) is 18.3 Å². The summed E-state index contributed by atoms with van der Waals surface area (Å²) in [6.07, 6.45) is 7.85. The molecule has 1 aliphatic rings. The van der Waals surface area contributed by atoms with E-state index in [2.05, 4.69) is 0 Å². The molecule has 2 nitrogen and oxygen atoms in total. The Hall–Kier alpha value is -0.960. The number of hydrogen-bond acceptors (Lipinski definition) is 3. The second-order valence-corrected chi connectivity index (χ2v) is 5.27. The zero-order valence-electron chi connectivity index (χ0n) is 10.1. The Labute approximate surface area is 107 Å². The molecule has 1 aromatic rings. The minimum Gasteiger partial charge on any atom is -0.459 e. The fourth-order valence-corrected chi connectivity index (χ4v) is 2.54. The van der Waals surface area contributed by atoms with Gasteiger partial charge in [-0.25, -0.2) is 4.79 Å². The van der Waals surface area contributed by atoms with E-state index in [1.165, 1.54) is 24.2 Å². The van der Waals surface area contributed by atoms with Crippen LogP contribution in [0.4, 0.5) is 0 Å². The van der Waals surface area contributed by atoms with Crippen LogP contribution in [0.3, 0.4) is 0 Å². The Kier molecular flexibility index (Phi) is 4.49. The molecule has 1 aliphatic carbocycles. The minimum absolute atomic E-state index is 0.136. The molecular formula is C14H18O2S. The number of thioether (sulfide) groups is 1. The first-order valence-corrected chi connectivity index (χ1v) is 7.37. The first-order chi connectivity index (χ1) is 8.29. The van der Waals surface area contributed by atoms with Crippen LogP contribution in [0.1, 0.15) is 42.5 Å². The van der Waals surface area contributed by atoms with Crippen LogP contribution in [0, 0.1) is 0 Å². The van der Waals surface area contributed by atoms with E-state index >= 15 is 0 Å². The van der Waals surface area contributed by atoms with Crippen molar-refractivity contribution in [2.24, 2.45) is 0 Å². The molecule has 0 aliphatic heterocycles. The van der Waals surface area contributed by atoms with Gasteiger partial charge in [-0.1, -0.05) is 6.42 Å². The number of carbonyl (C=O) groups excluding carboxylic acids is 1. The van der Waals surface area contributed by atoms with Crippen molar-refractivity contribution in [3.63, 3.8) is 0 Å². The minimum atomic E-state index is -0.176. The van der Waals surface area contributed by atoms with Gasteiger partial charge in [0.15, 0.2) is 0 Å². The zero-order chi connectivity index (χ0) is 12.1. The first kappa shape index (κ1) is 12.5. The number of rotatable bonds is 3. The van der Waals surface area contributed by atoms with Crippen LogP contribution in [0.5, 0.6) is 0 Å².